The maximum Gasteiger partial charge on any atom is 0.248 e. The van der Waals surface area contributed by atoms with Gasteiger partial charge in [-0.15, -0.1) is 11.8 Å². The molecule has 1 aliphatic heterocycles. The van der Waals surface area contributed by atoms with E-state index in [0.717, 1.165) is 0 Å². The van der Waals surface area contributed by atoms with Crippen LogP contribution in [0.15, 0.2) is 33.7 Å². The van der Waals surface area contributed by atoms with E-state index in [-0.39, 0.29) is 47.1 Å². The van der Waals surface area contributed by atoms with E-state index >= 15 is 0 Å². The first-order valence-corrected chi connectivity index (χ1v) is 12.6. The van der Waals surface area contributed by atoms with Gasteiger partial charge in [-0.3, -0.25) is 9.59 Å². The summed E-state index contributed by atoms with van der Waals surface area (Å²) >= 11 is 1.17. The zero-order chi connectivity index (χ0) is 23.3. The number of aryl methyl sites for hydroxylation is 2. The molecule has 2 aromatic rings. The number of carbonyl (C=O) groups is 2. The second-order valence-corrected chi connectivity index (χ2v) is 10.2. The minimum Gasteiger partial charge on any atom is -0.360 e. The third kappa shape index (κ3) is 5.87. The summed E-state index contributed by atoms with van der Waals surface area (Å²) in [6.45, 7) is 4.32. The SMILES string of the molecule is Cc1noc(C)c1S(=O)(=O)N1CCCN(C(=O)CSCC(=O)Nc2ccc(F)cc2)CC1. The summed E-state index contributed by atoms with van der Waals surface area (Å²) in [5, 5.41) is 6.36. The van der Waals surface area contributed by atoms with Crippen molar-refractivity contribution in [2.45, 2.75) is 25.2 Å². The summed E-state index contributed by atoms with van der Waals surface area (Å²) in [7, 11) is -3.76. The molecule has 1 aromatic heterocycles. The molecule has 174 valence electrons. The first kappa shape index (κ1) is 24.2. The smallest absolute Gasteiger partial charge is 0.248 e. The fourth-order valence-corrected chi connectivity index (χ4v) is 5.89. The van der Waals surface area contributed by atoms with Gasteiger partial charge in [0.1, 0.15) is 16.4 Å². The lowest BCUT2D eigenvalue weighted by Crippen LogP contribution is -2.38. The van der Waals surface area contributed by atoms with E-state index < -0.39 is 15.8 Å². The van der Waals surface area contributed by atoms with Crippen molar-refractivity contribution in [3.8, 4) is 0 Å². The van der Waals surface area contributed by atoms with E-state index in [1.54, 1.807) is 18.7 Å². The number of halogens is 1. The second-order valence-electron chi connectivity index (χ2n) is 7.34. The molecule has 3 rings (SSSR count). The van der Waals surface area contributed by atoms with Gasteiger partial charge in [0.25, 0.3) is 0 Å². The summed E-state index contributed by atoms with van der Waals surface area (Å²) < 4.78 is 45.2. The minimum atomic E-state index is -3.76. The number of rotatable bonds is 7. The molecule has 32 heavy (non-hydrogen) atoms. The molecule has 9 nitrogen and oxygen atoms in total. The predicted molar refractivity (Wildman–Crippen MR) is 118 cm³/mol. The molecule has 2 heterocycles. The highest BCUT2D eigenvalue weighted by Crippen LogP contribution is 2.24. The summed E-state index contributed by atoms with van der Waals surface area (Å²) in [6, 6.07) is 5.42. The monoisotopic (exact) mass is 484 g/mol. The predicted octanol–water partition coefficient (Wildman–Crippen LogP) is 2.03. The number of hydrogen-bond acceptors (Lipinski definition) is 7. The van der Waals surface area contributed by atoms with Gasteiger partial charge in [0.2, 0.25) is 21.8 Å². The molecule has 12 heteroatoms. The summed E-state index contributed by atoms with van der Waals surface area (Å²) in [6.07, 6.45) is 0.504. The second kappa shape index (κ2) is 10.5. The number of hydrogen-bond donors (Lipinski definition) is 1. The van der Waals surface area contributed by atoms with Crippen LogP contribution < -0.4 is 5.32 Å². The zero-order valence-corrected chi connectivity index (χ0v) is 19.5. The number of nitrogens with zero attached hydrogens (tertiary/aromatic N) is 3. The van der Waals surface area contributed by atoms with Crippen molar-refractivity contribution in [3.63, 3.8) is 0 Å². The molecule has 1 saturated heterocycles. The Labute approximate surface area is 190 Å². The number of thioether (sulfide) groups is 1. The molecule has 0 saturated carbocycles. The first-order valence-electron chi connectivity index (χ1n) is 10.0. The number of anilines is 1. The fourth-order valence-electron chi connectivity index (χ4n) is 3.41. The lowest BCUT2D eigenvalue weighted by Gasteiger charge is -2.21. The molecule has 1 aromatic carbocycles. The molecule has 0 bridgehead atoms. The molecule has 1 N–H and O–H groups in total. The Morgan fingerprint density at radius 3 is 2.50 bits per heavy atom. The van der Waals surface area contributed by atoms with E-state index in [9.17, 15) is 22.4 Å². The van der Waals surface area contributed by atoms with Crippen molar-refractivity contribution >= 4 is 39.3 Å². The van der Waals surface area contributed by atoms with Gasteiger partial charge in [0.05, 0.1) is 11.5 Å². The van der Waals surface area contributed by atoms with Gasteiger partial charge in [-0.2, -0.15) is 4.31 Å². The fraction of sp³-hybridized carbons (Fsp3) is 0.450. The Balaban J connectivity index is 1.48. The molecule has 0 atom stereocenters. The standard InChI is InChI=1S/C20H25FN4O5S2/c1-14-20(15(2)30-23-14)32(28,29)25-9-3-8-24(10-11-25)19(27)13-31-12-18(26)22-17-6-4-16(21)5-7-17/h4-7H,3,8-13H2,1-2H3,(H,22,26). The van der Waals surface area contributed by atoms with Gasteiger partial charge < -0.3 is 14.7 Å². The number of sulfonamides is 1. The van der Waals surface area contributed by atoms with Gasteiger partial charge in [0, 0.05) is 31.9 Å². The van der Waals surface area contributed by atoms with Crippen LogP contribution in [0.25, 0.3) is 0 Å². The van der Waals surface area contributed by atoms with Crippen LogP contribution in [-0.4, -0.2) is 72.3 Å². The van der Waals surface area contributed by atoms with E-state index in [0.29, 0.717) is 30.9 Å². The molecule has 2 amide bonds. The third-order valence-electron chi connectivity index (χ3n) is 4.96. The largest absolute Gasteiger partial charge is 0.360 e. The molecule has 1 aliphatic rings. The number of benzene rings is 1. The minimum absolute atomic E-state index is 0.0729. The lowest BCUT2D eigenvalue weighted by atomic mass is 10.3. The van der Waals surface area contributed by atoms with E-state index in [1.807, 2.05) is 0 Å². The normalized spacial score (nSPS) is 15.4. The van der Waals surface area contributed by atoms with Crippen molar-refractivity contribution in [1.82, 2.24) is 14.4 Å². The van der Waals surface area contributed by atoms with Crippen LogP contribution in [0.5, 0.6) is 0 Å². The number of carbonyl (C=O) groups excluding carboxylic acids is 2. The van der Waals surface area contributed by atoms with Crippen LogP contribution in [0.2, 0.25) is 0 Å². The summed E-state index contributed by atoms with van der Waals surface area (Å²) in [4.78, 5) is 26.3. The van der Waals surface area contributed by atoms with Gasteiger partial charge >= 0.3 is 0 Å². The molecular weight excluding hydrogens is 459 g/mol. The third-order valence-corrected chi connectivity index (χ3v) is 8.02. The van der Waals surface area contributed by atoms with Crippen molar-refractivity contribution in [3.05, 3.63) is 41.5 Å². The molecular formula is C20H25FN4O5S2. The number of aromatic nitrogens is 1. The van der Waals surface area contributed by atoms with Crippen LogP contribution >= 0.6 is 11.8 Å². The molecule has 0 spiro atoms. The summed E-state index contributed by atoms with van der Waals surface area (Å²) in [5.41, 5.74) is 0.797. The number of amides is 2. The maximum absolute atomic E-state index is 13.0. The van der Waals surface area contributed by atoms with Crippen molar-refractivity contribution < 1.29 is 26.9 Å². The van der Waals surface area contributed by atoms with Gasteiger partial charge in [-0.05, 0) is 44.5 Å². The van der Waals surface area contributed by atoms with E-state index in [4.69, 9.17) is 4.52 Å². The zero-order valence-electron chi connectivity index (χ0n) is 17.8. The lowest BCUT2D eigenvalue weighted by molar-refractivity contribution is -0.128. The van der Waals surface area contributed by atoms with Crippen LogP contribution in [0, 0.1) is 19.7 Å². The average Bonchev–Trinajstić information content (AvgIpc) is 2.93. The van der Waals surface area contributed by atoms with E-state index in [1.165, 1.54) is 40.3 Å². The highest BCUT2D eigenvalue weighted by molar-refractivity contribution is 8.00. The Morgan fingerprint density at radius 1 is 1.12 bits per heavy atom. The van der Waals surface area contributed by atoms with E-state index in [2.05, 4.69) is 10.5 Å². The quantitative estimate of drug-likeness (QED) is 0.640. The first-order chi connectivity index (χ1) is 15.2. The van der Waals surface area contributed by atoms with Crippen LogP contribution in [0.4, 0.5) is 10.1 Å². The maximum atomic E-state index is 13.0. The van der Waals surface area contributed by atoms with Gasteiger partial charge in [-0.25, -0.2) is 12.8 Å². The molecule has 0 radical (unpaired) electrons. The van der Waals surface area contributed by atoms with Gasteiger partial charge in [-0.1, -0.05) is 5.16 Å². The number of nitrogens with one attached hydrogen (secondary N) is 1. The topological polar surface area (TPSA) is 113 Å². The Morgan fingerprint density at radius 2 is 1.84 bits per heavy atom. The van der Waals surface area contributed by atoms with Crippen LogP contribution in [0.3, 0.4) is 0 Å². The van der Waals surface area contributed by atoms with Crippen LogP contribution in [0.1, 0.15) is 17.9 Å². The highest BCUT2D eigenvalue weighted by Gasteiger charge is 2.32. The summed E-state index contributed by atoms with van der Waals surface area (Å²) in [5.74, 6) is -0.409. The van der Waals surface area contributed by atoms with Crippen molar-refractivity contribution in [2.24, 2.45) is 0 Å². The van der Waals surface area contributed by atoms with Gasteiger partial charge in [0.15, 0.2) is 5.76 Å². The highest BCUT2D eigenvalue weighted by atomic mass is 32.2. The molecule has 0 aliphatic carbocycles. The van der Waals surface area contributed by atoms with Crippen molar-refractivity contribution in [1.29, 1.82) is 0 Å². The molecule has 1 fully saturated rings. The Hall–Kier alpha value is -2.44. The Bertz CT molecular complexity index is 1050. The van der Waals surface area contributed by atoms with Crippen LogP contribution in [-0.2, 0) is 19.6 Å². The average molecular weight is 485 g/mol. The molecule has 0 unspecified atom stereocenters. The van der Waals surface area contributed by atoms with Crippen molar-refractivity contribution in [2.75, 3.05) is 43.0 Å². The Kier molecular flexibility index (Phi) is 7.91.